The van der Waals surface area contributed by atoms with Crippen molar-refractivity contribution in [2.75, 3.05) is 44.9 Å². The van der Waals surface area contributed by atoms with Gasteiger partial charge in [0.1, 0.15) is 0 Å². The summed E-state index contributed by atoms with van der Waals surface area (Å²) in [5.74, 6) is 2.67. The predicted octanol–water partition coefficient (Wildman–Crippen LogP) is 1.58. The Morgan fingerprint density at radius 2 is 2.29 bits per heavy atom. The highest BCUT2D eigenvalue weighted by Gasteiger charge is 2.25. The molecule has 0 spiro atoms. The number of rotatable bonds is 6. The van der Waals surface area contributed by atoms with Crippen LogP contribution in [0, 0.1) is 0 Å². The number of nitrogens with one attached hydrogen (secondary N) is 1. The molecule has 1 N–H and O–H groups in total. The van der Waals surface area contributed by atoms with E-state index in [0.29, 0.717) is 0 Å². The number of methoxy groups -OCH3 is 1. The van der Waals surface area contributed by atoms with Crippen LogP contribution in [0.15, 0.2) is 0 Å². The van der Waals surface area contributed by atoms with E-state index in [9.17, 15) is 0 Å². The van der Waals surface area contributed by atoms with E-state index in [4.69, 9.17) is 4.74 Å². The molecule has 4 heteroatoms. The minimum absolute atomic E-state index is 0.721. The molecule has 2 atom stereocenters. The summed E-state index contributed by atoms with van der Waals surface area (Å²) in [6.45, 7) is 4.39. The Morgan fingerprint density at radius 3 is 2.94 bits per heavy atom. The lowest BCUT2D eigenvalue weighted by atomic mass is 10.1. The molecule has 0 bridgehead atoms. The SMILES string of the molecule is COCCN(CC1CCCN1)C1CCCSC1. The lowest BCUT2D eigenvalue weighted by Crippen LogP contribution is -2.46. The van der Waals surface area contributed by atoms with Crippen molar-refractivity contribution >= 4 is 11.8 Å². The van der Waals surface area contributed by atoms with Crippen LogP contribution >= 0.6 is 11.8 Å². The molecule has 2 rings (SSSR count). The normalized spacial score (nSPS) is 30.0. The number of ether oxygens (including phenoxy) is 1. The lowest BCUT2D eigenvalue weighted by molar-refractivity contribution is 0.115. The fraction of sp³-hybridized carbons (Fsp3) is 1.00. The number of hydrogen-bond donors (Lipinski definition) is 1. The smallest absolute Gasteiger partial charge is 0.0589 e. The second kappa shape index (κ2) is 7.62. The van der Waals surface area contributed by atoms with Crippen LogP contribution in [-0.2, 0) is 4.74 Å². The van der Waals surface area contributed by atoms with Gasteiger partial charge in [-0.15, -0.1) is 0 Å². The van der Waals surface area contributed by atoms with E-state index < -0.39 is 0 Å². The second-order valence-electron chi connectivity index (χ2n) is 5.15. The Labute approximate surface area is 110 Å². The number of hydrogen-bond acceptors (Lipinski definition) is 4. The molecule has 2 unspecified atom stereocenters. The third-order valence-electron chi connectivity index (χ3n) is 3.85. The summed E-state index contributed by atoms with van der Waals surface area (Å²) >= 11 is 2.12. The van der Waals surface area contributed by atoms with Gasteiger partial charge in [-0.2, -0.15) is 11.8 Å². The molecule has 2 aliphatic heterocycles. The standard InChI is InChI=1S/C13H26N2OS/c1-16-8-7-15(10-12-4-2-6-14-12)13-5-3-9-17-11-13/h12-14H,2-11H2,1H3. The van der Waals surface area contributed by atoms with Gasteiger partial charge in [-0.1, -0.05) is 0 Å². The van der Waals surface area contributed by atoms with Gasteiger partial charge in [-0.3, -0.25) is 4.90 Å². The maximum atomic E-state index is 5.26. The van der Waals surface area contributed by atoms with Gasteiger partial charge < -0.3 is 10.1 Å². The summed E-state index contributed by atoms with van der Waals surface area (Å²) in [4.78, 5) is 2.67. The molecule has 2 saturated heterocycles. The van der Waals surface area contributed by atoms with Crippen LogP contribution in [0.3, 0.4) is 0 Å². The first-order valence-electron chi connectivity index (χ1n) is 6.94. The lowest BCUT2D eigenvalue weighted by Gasteiger charge is -2.35. The molecule has 0 radical (unpaired) electrons. The average Bonchev–Trinajstić information content (AvgIpc) is 2.88. The van der Waals surface area contributed by atoms with Crippen LogP contribution in [0.25, 0.3) is 0 Å². The Balaban J connectivity index is 1.81. The monoisotopic (exact) mass is 258 g/mol. The summed E-state index contributed by atoms with van der Waals surface area (Å²) in [7, 11) is 1.81. The summed E-state index contributed by atoms with van der Waals surface area (Å²) < 4.78 is 5.26. The fourth-order valence-electron chi connectivity index (χ4n) is 2.84. The Morgan fingerprint density at radius 1 is 1.35 bits per heavy atom. The molecular weight excluding hydrogens is 232 g/mol. The van der Waals surface area contributed by atoms with Gasteiger partial charge in [0.25, 0.3) is 0 Å². The van der Waals surface area contributed by atoms with Crippen molar-refractivity contribution in [2.45, 2.75) is 37.8 Å². The molecule has 0 aromatic heterocycles. The van der Waals surface area contributed by atoms with Crippen molar-refractivity contribution in [3.8, 4) is 0 Å². The molecular formula is C13H26N2OS. The van der Waals surface area contributed by atoms with Crippen molar-refractivity contribution in [3.63, 3.8) is 0 Å². The molecule has 2 aliphatic rings. The molecule has 0 aliphatic carbocycles. The van der Waals surface area contributed by atoms with Crippen molar-refractivity contribution < 1.29 is 4.74 Å². The summed E-state index contributed by atoms with van der Waals surface area (Å²) in [6, 6.07) is 1.50. The van der Waals surface area contributed by atoms with E-state index in [-0.39, 0.29) is 0 Å². The second-order valence-corrected chi connectivity index (χ2v) is 6.30. The molecule has 2 fully saturated rings. The van der Waals surface area contributed by atoms with Crippen molar-refractivity contribution in [1.82, 2.24) is 10.2 Å². The van der Waals surface area contributed by atoms with Crippen LogP contribution in [0.1, 0.15) is 25.7 Å². The maximum absolute atomic E-state index is 5.26. The molecule has 0 aromatic rings. The Bertz CT molecular complexity index is 204. The molecule has 0 saturated carbocycles. The van der Waals surface area contributed by atoms with Crippen LogP contribution in [-0.4, -0.2) is 61.8 Å². The van der Waals surface area contributed by atoms with E-state index >= 15 is 0 Å². The van der Waals surface area contributed by atoms with Gasteiger partial charge in [0.15, 0.2) is 0 Å². The predicted molar refractivity (Wildman–Crippen MR) is 74.8 cm³/mol. The van der Waals surface area contributed by atoms with E-state index in [1.807, 2.05) is 7.11 Å². The van der Waals surface area contributed by atoms with E-state index in [2.05, 4.69) is 22.0 Å². The molecule has 100 valence electrons. The highest BCUT2D eigenvalue weighted by molar-refractivity contribution is 7.99. The zero-order chi connectivity index (χ0) is 11.9. The largest absolute Gasteiger partial charge is 0.383 e. The number of nitrogens with zero attached hydrogens (tertiary/aromatic N) is 1. The zero-order valence-electron chi connectivity index (χ0n) is 11.0. The van der Waals surface area contributed by atoms with Gasteiger partial charge in [0.05, 0.1) is 6.61 Å². The third-order valence-corrected chi connectivity index (χ3v) is 5.05. The molecule has 0 amide bonds. The van der Waals surface area contributed by atoms with Crippen LogP contribution < -0.4 is 5.32 Å². The molecule has 3 nitrogen and oxygen atoms in total. The first-order chi connectivity index (χ1) is 8.40. The highest BCUT2D eigenvalue weighted by Crippen LogP contribution is 2.22. The van der Waals surface area contributed by atoms with Crippen LogP contribution in [0.4, 0.5) is 0 Å². The highest BCUT2D eigenvalue weighted by atomic mass is 32.2. The Hall–Kier alpha value is 0.230. The van der Waals surface area contributed by atoms with Crippen molar-refractivity contribution in [2.24, 2.45) is 0 Å². The number of thioether (sulfide) groups is 1. The topological polar surface area (TPSA) is 24.5 Å². The van der Waals surface area contributed by atoms with Gasteiger partial charge in [-0.05, 0) is 38.0 Å². The van der Waals surface area contributed by atoms with Crippen molar-refractivity contribution in [3.05, 3.63) is 0 Å². The van der Waals surface area contributed by atoms with E-state index in [1.165, 1.54) is 50.3 Å². The minimum atomic E-state index is 0.721. The zero-order valence-corrected chi connectivity index (χ0v) is 11.8. The van der Waals surface area contributed by atoms with Gasteiger partial charge in [0, 0.05) is 38.0 Å². The van der Waals surface area contributed by atoms with Crippen LogP contribution in [0.5, 0.6) is 0 Å². The molecule has 0 aromatic carbocycles. The van der Waals surface area contributed by atoms with Gasteiger partial charge in [-0.25, -0.2) is 0 Å². The van der Waals surface area contributed by atoms with Crippen LogP contribution in [0.2, 0.25) is 0 Å². The first-order valence-corrected chi connectivity index (χ1v) is 8.09. The van der Waals surface area contributed by atoms with E-state index in [1.54, 1.807) is 0 Å². The van der Waals surface area contributed by atoms with Crippen molar-refractivity contribution in [1.29, 1.82) is 0 Å². The minimum Gasteiger partial charge on any atom is -0.383 e. The average molecular weight is 258 g/mol. The van der Waals surface area contributed by atoms with Gasteiger partial charge >= 0.3 is 0 Å². The molecule has 2 heterocycles. The third kappa shape index (κ3) is 4.43. The molecule has 17 heavy (non-hydrogen) atoms. The summed E-state index contributed by atoms with van der Waals surface area (Å²) in [5, 5.41) is 3.61. The fourth-order valence-corrected chi connectivity index (χ4v) is 4.03. The summed E-state index contributed by atoms with van der Waals surface area (Å²) in [6.07, 6.45) is 5.46. The Kier molecular flexibility index (Phi) is 6.12. The first kappa shape index (κ1) is 13.7. The van der Waals surface area contributed by atoms with Gasteiger partial charge in [0.2, 0.25) is 0 Å². The maximum Gasteiger partial charge on any atom is 0.0589 e. The quantitative estimate of drug-likeness (QED) is 0.782. The van der Waals surface area contributed by atoms with E-state index in [0.717, 1.165) is 25.2 Å². The summed E-state index contributed by atoms with van der Waals surface area (Å²) in [5.41, 5.74) is 0.